The fraction of sp³-hybridized carbons (Fsp3) is 0.333. The molecule has 0 bridgehead atoms. The molecule has 2 aromatic rings. The molecular formula is C12H14N6O. The Morgan fingerprint density at radius 3 is 2.95 bits per heavy atom. The smallest absolute Gasteiger partial charge is 0.230 e. The van der Waals surface area contributed by atoms with Crippen LogP contribution in [0.1, 0.15) is 0 Å². The van der Waals surface area contributed by atoms with E-state index in [0.717, 1.165) is 24.3 Å². The number of nitrogens with zero attached hydrogens (tertiary/aromatic N) is 4. The molecule has 2 heterocycles. The summed E-state index contributed by atoms with van der Waals surface area (Å²) in [5.74, 6) is 0.786. The number of hydrogen-bond acceptors (Lipinski definition) is 5. The van der Waals surface area contributed by atoms with Gasteiger partial charge >= 0.3 is 0 Å². The highest BCUT2D eigenvalue weighted by molar-refractivity contribution is 5.93. The molecule has 98 valence electrons. The van der Waals surface area contributed by atoms with Gasteiger partial charge in [0.1, 0.15) is 0 Å². The summed E-state index contributed by atoms with van der Waals surface area (Å²) in [5.41, 5.74) is 1.63. The van der Waals surface area contributed by atoms with Gasteiger partial charge in [-0.1, -0.05) is 12.1 Å². The average molecular weight is 258 g/mol. The van der Waals surface area contributed by atoms with Crippen LogP contribution in [-0.2, 0) is 11.8 Å². The van der Waals surface area contributed by atoms with E-state index < -0.39 is 0 Å². The number of benzene rings is 1. The van der Waals surface area contributed by atoms with Crippen LogP contribution in [0.4, 0.5) is 5.69 Å². The number of carbonyl (C=O) groups is 1. The van der Waals surface area contributed by atoms with Gasteiger partial charge in [-0.15, -0.1) is 5.10 Å². The first-order valence-corrected chi connectivity index (χ1v) is 6.08. The van der Waals surface area contributed by atoms with Crippen LogP contribution in [0.15, 0.2) is 24.3 Å². The second-order valence-electron chi connectivity index (χ2n) is 4.55. The highest BCUT2D eigenvalue weighted by Crippen LogP contribution is 2.20. The van der Waals surface area contributed by atoms with E-state index in [1.165, 1.54) is 0 Å². The van der Waals surface area contributed by atoms with Crippen molar-refractivity contribution in [3.05, 3.63) is 24.3 Å². The van der Waals surface area contributed by atoms with Crippen molar-refractivity contribution in [3.8, 4) is 11.4 Å². The molecule has 1 amide bonds. The molecule has 3 rings (SSSR count). The Morgan fingerprint density at radius 1 is 1.47 bits per heavy atom. The summed E-state index contributed by atoms with van der Waals surface area (Å²) in [4.78, 5) is 11.9. The summed E-state index contributed by atoms with van der Waals surface area (Å²) in [5, 5.41) is 17.3. The van der Waals surface area contributed by atoms with Gasteiger partial charge in [-0.2, -0.15) is 0 Å². The fourth-order valence-electron chi connectivity index (χ4n) is 1.93. The van der Waals surface area contributed by atoms with Gasteiger partial charge in [0.2, 0.25) is 5.91 Å². The molecule has 7 heteroatoms. The van der Waals surface area contributed by atoms with Gasteiger partial charge in [0.05, 0.1) is 5.92 Å². The largest absolute Gasteiger partial charge is 0.326 e. The first-order chi connectivity index (χ1) is 9.24. The molecule has 2 N–H and O–H groups in total. The van der Waals surface area contributed by atoms with Gasteiger partial charge in [0, 0.05) is 31.4 Å². The molecule has 0 atom stereocenters. The molecule has 1 aliphatic rings. The molecule has 1 aromatic carbocycles. The maximum absolute atomic E-state index is 11.9. The molecule has 0 saturated carbocycles. The van der Waals surface area contributed by atoms with E-state index in [1.807, 2.05) is 24.3 Å². The van der Waals surface area contributed by atoms with Crippen molar-refractivity contribution < 1.29 is 4.79 Å². The standard InChI is InChI=1S/C12H14N6O/c1-18-11(15-16-17-18)8-3-2-4-10(5-8)14-12(19)9-6-13-7-9/h2-5,9,13H,6-7H2,1H3,(H,14,19). The van der Waals surface area contributed by atoms with Gasteiger partial charge in [-0.3, -0.25) is 4.79 Å². The molecule has 0 aliphatic carbocycles. The van der Waals surface area contributed by atoms with E-state index >= 15 is 0 Å². The van der Waals surface area contributed by atoms with Crippen molar-refractivity contribution in [1.82, 2.24) is 25.5 Å². The van der Waals surface area contributed by atoms with Crippen molar-refractivity contribution in [2.24, 2.45) is 13.0 Å². The third-order valence-corrected chi connectivity index (χ3v) is 3.16. The van der Waals surface area contributed by atoms with E-state index in [9.17, 15) is 4.79 Å². The minimum Gasteiger partial charge on any atom is -0.326 e. The maximum Gasteiger partial charge on any atom is 0.230 e. The van der Waals surface area contributed by atoms with Gasteiger partial charge in [-0.05, 0) is 22.6 Å². The number of amides is 1. The third-order valence-electron chi connectivity index (χ3n) is 3.16. The van der Waals surface area contributed by atoms with Crippen molar-refractivity contribution >= 4 is 11.6 Å². The molecule has 1 aliphatic heterocycles. The maximum atomic E-state index is 11.9. The molecule has 7 nitrogen and oxygen atoms in total. The molecule has 1 fully saturated rings. The van der Waals surface area contributed by atoms with E-state index in [-0.39, 0.29) is 11.8 Å². The van der Waals surface area contributed by atoms with Crippen LogP contribution in [-0.4, -0.2) is 39.2 Å². The molecular weight excluding hydrogens is 244 g/mol. The number of rotatable bonds is 3. The SMILES string of the molecule is Cn1nnnc1-c1cccc(NC(=O)C2CNC2)c1. The minimum absolute atomic E-state index is 0.0481. The Morgan fingerprint density at radius 2 is 2.32 bits per heavy atom. The monoisotopic (exact) mass is 258 g/mol. The summed E-state index contributed by atoms with van der Waals surface area (Å²) in [6, 6.07) is 7.51. The van der Waals surface area contributed by atoms with Crippen LogP contribution in [0, 0.1) is 5.92 Å². The number of aromatic nitrogens is 4. The lowest BCUT2D eigenvalue weighted by atomic mass is 10.0. The number of anilines is 1. The van der Waals surface area contributed by atoms with Crippen LogP contribution in [0.2, 0.25) is 0 Å². The predicted molar refractivity (Wildman–Crippen MR) is 69.2 cm³/mol. The zero-order valence-corrected chi connectivity index (χ0v) is 10.5. The Balaban J connectivity index is 1.80. The van der Waals surface area contributed by atoms with Crippen LogP contribution in [0.5, 0.6) is 0 Å². The summed E-state index contributed by atoms with van der Waals surface area (Å²) < 4.78 is 1.59. The molecule has 19 heavy (non-hydrogen) atoms. The minimum atomic E-state index is 0.0481. The number of tetrazole rings is 1. The van der Waals surface area contributed by atoms with Gasteiger partial charge < -0.3 is 10.6 Å². The predicted octanol–water partition coefficient (Wildman–Crippen LogP) is 0.0350. The summed E-state index contributed by atoms with van der Waals surface area (Å²) in [6.07, 6.45) is 0. The second-order valence-corrected chi connectivity index (χ2v) is 4.55. The number of hydrogen-bond donors (Lipinski definition) is 2. The Labute approximate surface area is 110 Å². The molecule has 1 aromatic heterocycles. The first-order valence-electron chi connectivity index (χ1n) is 6.08. The zero-order valence-electron chi connectivity index (χ0n) is 10.5. The normalized spacial score (nSPS) is 15.0. The van der Waals surface area contributed by atoms with Crippen LogP contribution >= 0.6 is 0 Å². The molecule has 0 unspecified atom stereocenters. The molecule has 0 radical (unpaired) electrons. The fourth-order valence-corrected chi connectivity index (χ4v) is 1.93. The van der Waals surface area contributed by atoms with Gasteiger partial charge in [0.25, 0.3) is 0 Å². The van der Waals surface area contributed by atoms with Crippen LogP contribution in [0.3, 0.4) is 0 Å². The zero-order chi connectivity index (χ0) is 13.2. The van der Waals surface area contributed by atoms with Crippen molar-refractivity contribution in [2.75, 3.05) is 18.4 Å². The van der Waals surface area contributed by atoms with E-state index in [1.54, 1.807) is 11.7 Å². The third kappa shape index (κ3) is 2.32. The lowest BCUT2D eigenvalue weighted by Gasteiger charge is -2.25. The summed E-state index contributed by atoms with van der Waals surface area (Å²) in [7, 11) is 1.78. The Bertz CT molecular complexity index is 604. The van der Waals surface area contributed by atoms with E-state index in [0.29, 0.717) is 5.82 Å². The lowest BCUT2D eigenvalue weighted by Crippen LogP contribution is -2.48. The van der Waals surface area contributed by atoms with Gasteiger partial charge in [0.15, 0.2) is 5.82 Å². The topological polar surface area (TPSA) is 84.7 Å². The van der Waals surface area contributed by atoms with Crippen LogP contribution in [0.25, 0.3) is 11.4 Å². The van der Waals surface area contributed by atoms with Gasteiger partial charge in [-0.25, -0.2) is 4.68 Å². The number of aryl methyl sites for hydroxylation is 1. The highest BCUT2D eigenvalue weighted by atomic mass is 16.2. The lowest BCUT2D eigenvalue weighted by molar-refractivity contribution is -0.121. The summed E-state index contributed by atoms with van der Waals surface area (Å²) >= 11 is 0. The Kier molecular flexibility index (Phi) is 2.96. The molecule has 0 spiro atoms. The second kappa shape index (κ2) is 4.77. The average Bonchev–Trinajstić information content (AvgIpc) is 2.73. The van der Waals surface area contributed by atoms with E-state index in [2.05, 4.69) is 26.2 Å². The summed E-state index contributed by atoms with van der Waals surface area (Å²) in [6.45, 7) is 1.50. The van der Waals surface area contributed by atoms with Crippen LogP contribution < -0.4 is 10.6 Å². The number of carbonyl (C=O) groups excluding carboxylic acids is 1. The van der Waals surface area contributed by atoms with E-state index in [4.69, 9.17) is 0 Å². The van der Waals surface area contributed by atoms with Crippen molar-refractivity contribution in [3.63, 3.8) is 0 Å². The van der Waals surface area contributed by atoms with Crippen molar-refractivity contribution in [2.45, 2.75) is 0 Å². The Hall–Kier alpha value is -2.28. The molecule has 1 saturated heterocycles. The van der Waals surface area contributed by atoms with Crippen molar-refractivity contribution in [1.29, 1.82) is 0 Å². The highest BCUT2D eigenvalue weighted by Gasteiger charge is 2.24. The number of nitrogens with one attached hydrogen (secondary N) is 2. The quantitative estimate of drug-likeness (QED) is 0.811. The first kappa shape index (κ1) is 11.8.